The summed E-state index contributed by atoms with van der Waals surface area (Å²) in [5.41, 5.74) is 4.00. The Morgan fingerprint density at radius 3 is 2.12 bits per heavy atom. The topological polar surface area (TPSA) is 77.8 Å². The van der Waals surface area contributed by atoms with Crippen molar-refractivity contribution in [1.29, 1.82) is 0 Å². The van der Waals surface area contributed by atoms with Crippen LogP contribution in [0.3, 0.4) is 0 Å². The zero-order chi connectivity index (χ0) is 28.4. The first kappa shape index (κ1) is 27.3. The number of rotatable bonds is 8. The number of nitrogens with zero attached hydrogens (tertiary/aromatic N) is 2. The van der Waals surface area contributed by atoms with E-state index in [1.54, 1.807) is 37.5 Å². The number of hydrogen-bond acceptors (Lipinski definition) is 6. The Kier molecular flexibility index (Phi) is 7.82. The molecule has 0 unspecified atom stereocenters. The molecule has 0 saturated carbocycles. The lowest BCUT2D eigenvalue weighted by atomic mass is 10.1. The smallest absolute Gasteiger partial charge is 0.293 e. The molecule has 0 aliphatic carbocycles. The van der Waals surface area contributed by atoms with E-state index in [0.717, 1.165) is 45.1 Å². The predicted molar refractivity (Wildman–Crippen MR) is 157 cm³/mol. The second-order valence-electron chi connectivity index (χ2n) is 9.13. The van der Waals surface area contributed by atoms with Crippen LogP contribution in [0.15, 0.2) is 83.8 Å². The number of amides is 2. The van der Waals surface area contributed by atoms with Gasteiger partial charge in [0.1, 0.15) is 17.2 Å². The monoisotopic (exact) mass is 572 g/mol. The molecule has 1 fully saturated rings. The summed E-state index contributed by atoms with van der Waals surface area (Å²) in [6.45, 7) is 3.60. The molecule has 0 radical (unpaired) electrons. The van der Waals surface area contributed by atoms with E-state index in [1.807, 2.05) is 68.4 Å². The molecule has 1 saturated heterocycles. The molecule has 40 heavy (non-hydrogen) atoms. The third-order valence-electron chi connectivity index (χ3n) is 6.49. The van der Waals surface area contributed by atoms with E-state index < -0.39 is 11.1 Å². The lowest BCUT2D eigenvalue weighted by Gasteiger charge is -2.12. The number of hydrogen-bond donors (Lipinski definition) is 0. The highest BCUT2D eigenvalue weighted by Gasteiger charge is 2.36. The SMILES string of the molecule is COc1ccc(Oc2ccc(-n3c(C)cc(/C=C4\SC(=O)N(CC(=O)c5ccc(Cl)cc5)C4=O)c3C)cc2)cc1. The van der Waals surface area contributed by atoms with Crippen molar-refractivity contribution in [2.45, 2.75) is 13.8 Å². The third-order valence-corrected chi connectivity index (χ3v) is 7.65. The molecule has 0 spiro atoms. The van der Waals surface area contributed by atoms with Gasteiger partial charge in [0.15, 0.2) is 5.78 Å². The molecule has 2 heterocycles. The van der Waals surface area contributed by atoms with Crippen LogP contribution < -0.4 is 9.47 Å². The molecule has 202 valence electrons. The Morgan fingerprint density at radius 2 is 1.50 bits per heavy atom. The lowest BCUT2D eigenvalue weighted by molar-refractivity contribution is -0.122. The van der Waals surface area contributed by atoms with E-state index >= 15 is 0 Å². The number of ketones is 1. The highest BCUT2D eigenvalue weighted by atomic mass is 35.5. The second-order valence-corrected chi connectivity index (χ2v) is 10.6. The quantitative estimate of drug-likeness (QED) is 0.161. The van der Waals surface area contributed by atoms with E-state index in [0.29, 0.717) is 22.1 Å². The average Bonchev–Trinajstić information content (AvgIpc) is 3.38. The number of imide groups is 1. The second kappa shape index (κ2) is 11.5. The van der Waals surface area contributed by atoms with Gasteiger partial charge in [0.25, 0.3) is 11.1 Å². The number of methoxy groups -OCH3 is 1. The van der Waals surface area contributed by atoms with Crippen LogP contribution in [0, 0.1) is 13.8 Å². The Bertz CT molecular complexity index is 1620. The first-order valence-electron chi connectivity index (χ1n) is 12.4. The molecule has 5 rings (SSSR count). The van der Waals surface area contributed by atoms with Gasteiger partial charge in [-0.2, -0.15) is 0 Å². The van der Waals surface area contributed by atoms with Gasteiger partial charge in [-0.15, -0.1) is 0 Å². The van der Waals surface area contributed by atoms with Crippen molar-refractivity contribution >= 4 is 46.4 Å². The van der Waals surface area contributed by atoms with Crippen LogP contribution in [-0.2, 0) is 4.79 Å². The van der Waals surface area contributed by atoms with Gasteiger partial charge >= 0.3 is 0 Å². The van der Waals surface area contributed by atoms with Crippen LogP contribution in [0.5, 0.6) is 17.2 Å². The number of thioether (sulfide) groups is 1. The van der Waals surface area contributed by atoms with Gasteiger partial charge in [-0.3, -0.25) is 19.3 Å². The number of Topliss-reactive ketones (excluding diaryl/α,β-unsaturated/α-hetero) is 1. The Hall–Kier alpha value is -4.27. The molecular weight excluding hydrogens is 548 g/mol. The Balaban J connectivity index is 1.32. The van der Waals surface area contributed by atoms with Crippen molar-refractivity contribution in [1.82, 2.24) is 9.47 Å². The largest absolute Gasteiger partial charge is 0.497 e. The fraction of sp³-hybridized carbons (Fsp3) is 0.129. The summed E-state index contributed by atoms with van der Waals surface area (Å²) in [6.07, 6.45) is 1.71. The molecule has 3 aromatic carbocycles. The maximum atomic E-state index is 13.1. The van der Waals surface area contributed by atoms with Crippen molar-refractivity contribution in [3.05, 3.63) is 111 Å². The molecule has 0 N–H and O–H groups in total. The fourth-order valence-corrected chi connectivity index (χ4v) is 5.38. The first-order chi connectivity index (χ1) is 19.2. The zero-order valence-corrected chi connectivity index (χ0v) is 23.6. The number of benzene rings is 3. The molecule has 0 atom stereocenters. The van der Waals surface area contributed by atoms with Gasteiger partial charge in [0.2, 0.25) is 0 Å². The molecule has 0 bridgehead atoms. The summed E-state index contributed by atoms with van der Waals surface area (Å²) < 4.78 is 13.2. The van der Waals surface area contributed by atoms with Gasteiger partial charge in [0, 0.05) is 27.7 Å². The highest BCUT2D eigenvalue weighted by molar-refractivity contribution is 8.18. The van der Waals surface area contributed by atoms with E-state index in [4.69, 9.17) is 21.1 Å². The fourth-order valence-electron chi connectivity index (χ4n) is 4.42. The summed E-state index contributed by atoms with van der Waals surface area (Å²) in [5.74, 6) is 1.33. The molecule has 1 aromatic heterocycles. The number of carbonyl (C=O) groups is 3. The summed E-state index contributed by atoms with van der Waals surface area (Å²) in [6, 6.07) is 23.4. The molecule has 1 aliphatic heterocycles. The van der Waals surface area contributed by atoms with E-state index in [1.165, 1.54) is 0 Å². The molecular formula is C31H25ClN2O5S. The number of aromatic nitrogens is 1. The van der Waals surface area contributed by atoms with E-state index in [9.17, 15) is 14.4 Å². The Morgan fingerprint density at radius 1 is 0.900 bits per heavy atom. The minimum absolute atomic E-state index is 0.275. The van der Waals surface area contributed by atoms with Crippen LogP contribution in [0.2, 0.25) is 5.02 Å². The molecule has 7 nitrogen and oxygen atoms in total. The first-order valence-corrected chi connectivity index (χ1v) is 13.6. The minimum atomic E-state index is -0.484. The number of ether oxygens (including phenoxy) is 2. The van der Waals surface area contributed by atoms with Crippen molar-refractivity contribution in [2.24, 2.45) is 0 Å². The van der Waals surface area contributed by atoms with Gasteiger partial charge in [0.05, 0.1) is 18.6 Å². The maximum Gasteiger partial charge on any atom is 0.293 e. The molecule has 1 aliphatic rings. The van der Waals surface area contributed by atoms with Crippen molar-refractivity contribution in [3.8, 4) is 22.9 Å². The van der Waals surface area contributed by atoms with Crippen LogP contribution in [-0.4, -0.2) is 40.1 Å². The number of aryl methyl sites for hydroxylation is 1. The van der Waals surface area contributed by atoms with Crippen molar-refractivity contribution < 1.29 is 23.9 Å². The number of halogens is 1. The summed E-state index contributed by atoms with van der Waals surface area (Å²) >= 11 is 6.72. The third kappa shape index (κ3) is 5.68. The number of carbonyl (C=O) groups excluding carboxylic acids is 3. The molecule has 4 aromatic rings. The average molecular weight is 573 g/mol. The summed E-state index contributed by atoms with van der Waals surface area (Å²) in [7, 11) is 1.62. The molecule has 2 amide bonds. The van der Waals surface area contributed by atoms with Crippen LogP contribution >= 0.6 is 23.4 Å². The highest BCUT2D eigenvalue weighted by Crippen LogP contribution is 2.34. The van der Waals surface area contributed by atoms with Crippen molar-refractivity contribution in [2.75, 3.05) is 13.7 Å². The minimum Gasteiger partial charge on any atom is -0.497 e. The van der Waals surface area contributed by atoms with Gasteiger partial charge in [-0.25, -0.2) is 0 Å². The van der Waals surface area contributed by atoms with Crippen molar-refractivity contribution in [3.63, 3.8) is 0 Å². The van der Waals surface area contributed by atoms with Gasteiger partial charge in [-0.1, -0.05) is 11.6 Å². The van der Waals surface area contributed by atoms with Gasteiger partial charge < -0.3 is 14.0 Å². The Labute approximate surface area is 241 Å². The summed E-state index contributed by atoms with van der Waals surface area (Å²) in [4.78, 5) is 39.6. The van der Waals surface area contributed by atoms with Crippen LogP contribution in [0.1, 0.15) is 27.3 Å². The van der Waals surface area contributed by atoms with Gasteiger partial charge in [-0.05, 0) is 116 Å². The molecule has 9 heteroatoms. The predicted octanol–water partition coefficient (Wildman–Crippen LogP) is 7.47. The van der Waals surface area contributed by atoms with E-state index in [2.05, 4.69) is 4.57 Å². The summed E-state index contributed by atoms with van der Waals surface area (Å²) in [5, 5.41) is 0.0286. The lowest BCUT2D eigenvalue weighted by Crippen LogP contribution is -2.33. The normalized spacial score (nSPS) is 14.2. The van der Waals surface area contributed by atoms with Crippen LogP contribution in [0.4, 0.5) is 4.79 Å². The maximum absolute atomic E-state index is 13.1. The zero-order valence-electron chi connectivity index (χ0n) is 22.0. The standard InChI is InChI=1S/C31H25ClN2O5S/c1-19-16-22(17-29-30(36)33(31(37)40-29)18-28(35)21-4-6-23(32)7-5-21)20(2)34(19)24-8-10-26(11-9-24)39-27-14-12-25(38-3)13-15-27/h4-17H,18H2,1-3H3/b29-17-. The van der Waals surface area contributed by atoms with Crippen LogP contribution in [0.25, 0.3) is 11.8 Å². The van der Waals surface area contributed by atoms with E-state index in [-0.39, 0.29) is 17.2 Å².